The molecular weight excluding hydrogens is 304 g/mol. The maximum absolute atomic E-state index is 12.6. The predicted molar refractivity (Wildman–Crippen MR) is 96.6 cm³/mol. The largest absolute Gasteiger partial charge is 0.312 e. The average molecular weight is 328 g/mol. The summed E-state index contributed by atoms with van der Waals surface area (Å²) in [5.74, 6) is 0.178. The monoisotopic (exact) mass is 328 g/mol. The third kappa shape index (κ3) is 3.32. The van der Waals surface area contributed by atoms with Crippen LogP contribution >= 0.6 is 11.3 Å². The summed E-state index contributed by atoms with van der Waals surface area (Å²) in [7, 11) is 0. The Morgan fingerprint density at radius 2 is 2.09 bits per heavy atom. The molecule has 0 spiro atoms. The molecule has 0 saturated heterocycles. The molecule has 1 aromatic carbocycles. The van der Waals surface area contributed by atoms with Crippen LogP contribution in [0.15, 0.2) is 29.8 Å². The predicted octanol–water partition coefficient (Wildman–Crippen LogP) is 4.51. The summed E-state index contributed by atoms with van der Waals surface area (Å²) < 4.78 is 3.32. The van der Waals surface area contributed by atoms with Crippen LogP contribution in [0.3, 0.4) is 0 Å². The molecule has 0 aliphatic heterocycles. The van der Waals surface area contributed by atoms with E-state index in [4.69, 9.17) is 0 Å². The van der Waals surface area contributed by atoms with Gasteiger partial charge in [0.15, 0.2) is 4.80 Å². The first-order valence-electron chi connectivity index (χ1n) is 8.40. The van der Waals surface area contributed by atoms with Gasteiger partial charge >= 0.3 is 0 Å². The maximum atomic E-state index is 12.6. The smallest absolute Gasteiger partial charge is 0.251 e. The van der Waals surface area contributed by atoms with E-state index in [-0.39, 0.29) is 11.8 Å². The van der Waals surface area contributed by atoms with Crippen LogP contribution in [0.25, 0.3) is 10.2 Å². The lowest BCUT2D eigenvalue weighted by Gasteiger charge is -2.17. The molecular formula is C19H24N2OS. The van der Waals surface area contributed by atoms with Gasteiger partial charge in [-0.05, 0) is 43.9 Å². The summed E-state index contributed by atoms with van der Waals surface area (Å²) in [6.07, 6.45) is 7.42. The van der Waals surface area contributed by atoms with Crippen LogP contribution in [0.4, 0.5) is 0 Å². The number of aryl methyl sites for hydroxylation is 2. The van der Waals surface area contributed by atoms with E-state index < -0.39 is 0 Å². The fourth-order valence-corrected chi connectivity index (χ4v) is 4.73. The van der Waals surface area contributed by atoms with Crippen molar-refractivity contribution in [2.75, 3.05) is 0 Å². The van der Waals surface area contributed by atoms with Gasteiger partial charge in [-0.2, -0.15) is 4.99 Å². The zero-order valence-electron chi connectivity index (χ0n) is 14.0. The highest BCUT2D eigenvalue weighted by atomic mass is 32.1. The summed E-state index contributed by atoms with van der Waals surface area (Å²) in [5.41, 5.74) is 3.65. The van der Waals surface area contributed by atoms with E-state index in [9.17, 15) is 4.79 Å². The minimum absolute atomic E-state index is 0.0587. The van der Waals surface area contributed by atoms with E-state index in [0.717, 1.165) is 30.5 Å². The van der Waals surface area contributed by atoms with Crippen molar-refractivity contribution in [2.45, 2.75) is 52.5 Å². The summed E-state index contributed by atoms with van der Waals surface area (Å²) in [6, 6.07) is 4.36. The summed E-state index contributed by atoms with van der Waals surface area (Å²) in [4.78, 5) is 17.9. The van der Waals surface area contributed by atoms with Gasteiger partial charge in [-0.3, -0.25) is 4.79 Å². The number of amides is 1. The highest BCUT2D eigenvalue weighted by Crippen LogP contribution is 2.26. The van der Waals surface area contributed by atoms with Gasteiger partial charge in [0, 0.05) is 12.5 Å². The second kappa shape index (κ2) is 6.83. The Bertz CT molecular complexity index is 807. The Balaban J connectivity index is 2.10. The zero-order valence-corrected chi connectivity index (χ0v) is 14.8. The lowest BCUT2D eigenvalue weighted by Crippen LogP contribution is -2.21. The zero-order chi connectivity index (χ0) is 16.4. The molecule has 1 aliphatic carbocycles. The van der Waals surface area contributed by atoms with Crippen LogP contribution < -0.4 is 4.80 Å². The van der Waals surface area contributed by atoms with Gasteiger partial charge in [0.2, 0.25) is 0 Å². The number of benzene rings is 1. The molecule has 4 heteroatoms. The molecule has 0 N–H and O–H groups in total. The molecule has 1 fully saturated rings. The van der Waals surface area contributed by atoms with Gasteiger partial charge in [-0.15, -0.1) is 6.58 Å². The van der Waals surface area contributed by atoms with Crippen molar-refractivity contribution in [3.8, 4) is 0 Å². The number of allylic oxidation sites excluding steroid dienone is 1. The van der Waals surface area contributed by atoms with Gasteiger partial charge in [0.25, 0.3) is 5.91 Å². The average Bonchev–Trinajstić information content (AvgIpc) is 2.86. The highest BCUT2D eigenvalue weighted by molar-refractivity contribution is 7.16. The Kier molecular flexibility index (Phi) is 4.81. The van der Waals surface area contributed by atoms with Crippen LogP contribution in [0.2, 0.25) is 0 Å². The van der Waals surface area contributed by atoms with E-state index in [1.54, 1.807) is 11.3 Å². The van der Waals surface area contributed by atoms with E-state index in [2.05, 4.69) is 42.1 Å². The normalized spacial score (nSPS) is 16.9. The number of thiazole rings is 1. The van der Waals surface area contributed by atoms with Crippen molar-refractivity contribution in [1.82, 2.24) is 4.57 Å². The Labute approximate surface area is 141 Å². The quantitative estimate of drug-likeness (QED) is 0.763. The molecule has 0 bridgehead atoms. The first-order valence-corrected chi connectivity index (χ1v) is 9.22. The van der Waals surface area contributed by atoms with E-state index >= 15 is 0 Å². The molecule has 1 heterocycles. The van der Waals surface area contributed by atoms with Gasteiger partial charge in [-0.25, -0.2) is 0 Å². The van der Waals surface area contributed by atoms with E-state index in [1.165, 1.54) is 27.8 Å². The molecule has 0 atom stereocenters. The molecule has 2 aromatic rings. The Morgan fingerprint density at radius 3 is 2.78 bits per heavy atom. The molecule has 3 nitrogen and oxygen atoms in total. The minimum Gasteiger partial charge on any atom is -0.312 e. The van der Waals surface area contributed by atoms with Gasteiger partial charge < -0.3 is 4.57 Å². The van der Waals surface area contributed by atoms with Crippen LogP contribution in [-0.2, 0) is 11.3 Å². The lowest BCUT2D eigenvalue weighted by molar-refractivity contribution is -0.122. The number of aromatic nitrogens is 1. The topological polar surface area (TPSA) is 34.4 Å². The highest BCUT2D eigenvalue weighted by Gasteiger charge is 2.21. The molecule has 122 valence electrons. The van der Waals surface area contributed by atoms with Crippen LogP contribution in [0, 0.1) is 19.8 Å². The summed E-state index contributed by atoms with van der Waals surface area (Å²) >= 11 is 1.61. The standard InChI is InChI=1S/C19H24N2OS/c1-4-10-21-17-14(3)11-13(2)12-16(17)23-19(21)20-18(22)15-8-6-5-7-9-15/h4,11-12,15H,1,5-10H2,2-3H3. The van der Waals surface area contributed by atoms with E-state index in [0.29, 0.717) is 6.54 Å². The van der Waals surface area contributed by atoms with Gasteiger partial charge in [0.05, 0.1) is 10.2 Å². The van der Waals surface area contributed by atoms with Crippen molar-refractivity contribution in [2.24, 2.45) is 10.9 Å². The van der Waals surface area contributed by atoms with Crippen molar-refractivity contribution in [1.29, 1.82) is 0 Å². The fourth-order valence-electron chi connectivity index (χ4n) is 3.51. The van der Waals surface area contributed by atoms with Crippen LogP contribution in [-0.4, -0.2) is 10.5 Å². The van der Waals surface area contributed by atoms with E-state index in [1.807, 2.05) is 6.08 Å². The molecule has 3 rings (SSSR count). The van der Waals surface area contributed by atoms with Crippen LogP contribution in [0.5, 0.6) is 0 Å². The van der Waals surface area contributed by atoms with Gasteiger partial charge in [0.1, 0.15) is 0 Å². The first kappa shape index (κ1) is 16.2. The number of carbonyl (C=O) groups excluding carboxylic acids is 1. The molecule has 1 aliphatic rings. The summed E-state index contributed by atoms with van der Waals surface area (Å²) in [6.45, 7) is 8.76. The third-order valence-electron chi connectivity index (χ3n) is 4.58. The van der Waals surface area contributed by atoms with Crippen molar-refractivity contribution >= 4 is 27.5 Å². The minimum atomic E-state index is 0.0587. The number of carbonyl (C=O) groups is 1. The van der Waals surface area contributed by atoms with Crippen molar-refractivity contribution in [3.63, 3.8) is 0 Å². The molecule has 0 radical (unpaired) electrons. The van der Waals surface area contributed by atoms with Crippen molar-refractivity contribution < 1.29 is 4.79 Å². The van der Waals surface area contributed by atoms with Crippen LogP contribution in [0.1, 0.15) is 43.2 Å². The maximum Gasteiger partial charge on any atom is 0.251 e. The molecule has 1 amide bonds. The SMILES string of the molecule is C=CCn1c(=NC(=O)C2CCCCC2)sc2cc(C)cc(C)c21. The van der Waals surface area contributed by atoms with Crippen molar-refractivity contribution in [3.05, 3.63) is 40.7 Å². The lowest BCUT2D eigenvalue weighted by atomic mass is 9.89. The number of rotatable bonds is 3. The Morgan fingerprint density at radius 1 is 1.35 bits per heavy atom. The fraction of sp³-hybridized carbons (Fsp3) is 0.474. The number of hydrogen-bond acceptors (Lipinski definition) is 2. The first-order chi connectivity index (χ1) is 11.1. The number of fused-ring (bicyclic) bond motifs is 1. The molecule has 23 heavy (non-hydrogen) atoms. The molecule has 0 unspecified atom stereocenters. The van der Waals surface area contributed by atoms with Gasteiger partial charge in [-0.1, -0.05) is 42.7 Å². The molecule has 1 saturated carbocycles. The number of nitrogens with zero attached hydrogens (tertiary/aromatic N) is 2. The number of hydrogen-bond donors (Lipinski definition) is 0. The second-order valence-electron chi connectivity index (χ2n) is 6.50. The Hall–Kier alpha value is -1.68. The second-order valence-corrected chi connectivity index (χ2v) is 7.51. The third-order valence-corrected chi connectivity index (χ3v) is 5.61. The molecule has 1 aromatic heterocycles. The summed E-state index contributed by atoms with van der Waals surface area (Å²) in [5, 5.41) is 0.